The Hall–Kier alpha value is -0.770. The van der Waals surface area contributed by atoms with Gasteiger partial charge in [-0.2, -0.15) is 0 Å². The van der Waals surface area contributed by atoms with Gasteiger partial charge in [-0.3, -0.25) is 0 Å². The monoisotopic (exact) mass is 258 g/mol. The lowest BCUT2D eigenvalue weighted by Crippen LogP contribution is -2.56. The molecule has 0 unspecified atom stereocenters. The van der Waals surface area contributed by atoms with Crippen LogP contribution in [0, 0.1) is 11.3 Å². The minimum atomic E-state index is -0.489. The lowest BCUT2D eigenvalue weighted by Gasteiger charge is -2.37. The zero-order chi connectivity index (χ0) is 14.7. The molecule has 0 aromatic carbocycles. The van der Waals surface area contributed by atoms with Crippen LogP contribution in [0.4, 0.5) is 4.79 Å². The van der Waals surface area contributed by atoms with Gasteiger partial charge in [-0.05, 0) is 32.1 Å². The average Bonchev–Trinajstić information content (AvgIpc) is 2.08. The largest absolute Gasteiger partial charge is 0.444 e. The SMILES string of the molecule is CC(C)[C@H](NC(=O)OC(C)(C)C)[C@@H](N)C(C)(C)C. The van der Waals surface area contributed by atoms with Crippen molar-refractivity contribution in [1.82, 2.24) is 5.32 Å². The topological polar surface area (TPSA) is 64.3 Å². The third kappa shape index (κ3) is 6.24. The highest BCUT2D eigenvalue weighted by atomic mass is 16.6. The predicted molar refractivity (Wildman–Crippen MR) is 75.4 cm³/mol. The molecule has 0 saturated carbocycles. The number of amides is 1. The molecule has 0 heterocycles. The van der Waals surface area contributed by atoms with Crippen molar-refractivity contribution in [3.63, 3.8) is 0 Å². The first kappa shape index (κ1) is 17.2. The second kappa shape index (κ2) is 5.91. The molecule has 4 heteroatoms. The lowest BCUT2D eigenvalue weighted by atomic mass is 9.79. The quantitative estimate of drug-likeness (QED) is 0.818. The van der Waals surface area contributed by atoms with Gasteiger partial charge in [-0.25, -0.2) is 4.79 Å². The fraction of sp³-hybridized carbons (Fsp3) is 0.929. The summed E-state index contributed by atoms with van der Waals surface area (Å²) >= 11 is 0. The molecule has 2 atom stereocenters. The summed E-state index contributed by atoms with van der Waals surface area (Å²) in [5, 5.41) is 2.89. The summed E-state index contributed by atoms with van der Waals surface area (Å²) in [7, 11) is 0. The smallest absolute Gasteiger partial charge is 0.407 e. The van der Waals surface area contributed by atoms with Gasteiger partial charge >= 0.3 is 6.09 Å². The Labute approximate surface area is 112 Å². The van der Waals surface area contributed by atoms with Crippen LogP contribution in [0.25, 0.3) is 0 Å². The van der Waals surface area contributed by atoms with Crippen molar-refractivity contribution >= 4 is 6.09 Å². The molecule has 0 radical (unpaired) electrons. The third-order valence-corrected chi connectivity index (χ3v) is 2.79. The van der Waals surface area contributed by atoms with Crippen LogP contribution in [0.2, 0.25) is 0 Å². The van der Waals surface area contributed by atoms with Crippen LogP contribution in [0.1, 0.15) is 55.4 Å². The fourth-order valence-corrected chi connectivity index (χ4v) is 1.65. The summed E-state index contributed by atoms with van der Waals surface area (Å²) in [6, 6.07) is -0.218. The number of nitrogens with one attached hydrogen (secondary N) is 1. The molecule has 0 rings (SSSR count). The van der Waals surface area contributed by atoms with Crippen LogP contribution in [0.15, 0.2) is 0 Å². The maximum absolute atomic E-state index is 11.8. The number of hydrogen-bond acceptors (Lipinski definition) is 3. The Balaban J connectivity index is 4.70. The van der Waals surface area contributed by atoms with Gasteiger partial charge in [0.05, 0.1) is 6.04 Å². The fourth-order valence-electron chi connectivity index (χ4n) is 1.65. The third-order valence-electron chi connectivity index (χ3n) is 2.79. The number of carbonyl (C=O) groups is 1. The van der Waals surface area contributed by atoms with Crippen molar-refractivity contribution in [2.24, 2.45) is 17.1 Å². The minimum absolute atomic E-state index is 0.0655. The van der Waals surface area contributed by atoms with Gasteiger partial charge in [0.2, 0.25) is 0 Å². The van der Waals surface area contributed by atoms with Gasteiger partial charge in [0.1, 0.15) is 5.60 Å². The summed E-state index contributed by atoms with van der Waals surface area (Å²) in [5.74, 6) is 0.256. The van der Waals surface area contributed by atoms with Crippen LogP contribution in [-0.4, -0.2) is 23.8 Å². The van der Waals surface area contributed by atoms with Crippen molar-refractivity contribution in [2.75, 3.05) is 0 Å². The molecule has 0 saturated heterocycles. The molecule has 108 valence electrons. The van der Waals surface area contributed by atoms with E-state index in [1.165, 1.54) is 0 Å². The normalized spacial score (nSPS) is 16.3. The van der Waals surface area contributed by atoms with Gasteiger partial charge in [-0.1, -0.05) is 34.6 Å². The van der Waals surface area contributed by atoms with Crippen LogP contribution >= 0.6 is 0 Å². The summed E-state index contributed by atoms with van der Waals surface area (Å²) in [5.41, 5.74) is 5.68. The number of carbonyl (C=O) groups excluding carboxylic acids is 1. The molecule has 0 bridgehead atoms. The first-order valence-corrected chi connectivity index (χ1v) is 6.59. The van der Waals surface area contributed by atoms with Crippen molar-refractivity contribution < 1.29 is 9.53 Å². The highest BCUT2D eigenvalue weighted by Gasteiger charge is 2.33. The lowest BCUT2D eigenvalue weighted by molar-refractivity contribution is 0.0460. The van der Waals surface area contributed by atoms with Gasteiger partial charge in [0, 0.05) is 6.04 Å². The highest BCUT2D eigenvalue weighted by molar-refractivity contribution is 5.68. The van der Waals surface area contributed by atoms with E-state index >= 15 is 0 Å². The van der Waals surface area contributed by atoms with Crippen molar-refractivity contribution in [3.8, 4) is 0 Å². The van der Waals surface area contributed by atoms with Crippen molar-refractivity contribution in [3.05, 3.63) is 0 Å². The first-order valence-electron chi connectivity index (χ1n) is 6.59. The molecule has 18 heavy (non-hydrogen) atoms. The van der Waals surface area contributed by atoms with Crippen LogP contribution in [-0.2, 0) is 4.74 Å². The van der Waals surface area contributed by atoms with E-state index in [1.54, 1.807) is 0 Å². The van der Waals surface area contributed by atoms with Crippen LogP contribution < -0.4 is 11.1 Å². The molecule has 4 nitrogen and oxygen atoms in total. The first-order chi connectivity index (χ1) is 7.84. The van der Waals surface area contributed by atoms with Gasteiger partial charge < -0.3 is 15.8 Å². The molecule has 0 aliphatic rings. The van der Waals surface area contributed by atoms with E-state index in [0.717, 1.165) is 0 Å². The van der Waals surface area contributed by atoms with Gasteiger partial charge in [0.15, 0.2) is 0 Å². The van der Waals surface area contributed by atoms with Gasteiger partial charge in [-0.15, -0.1) is 0 Å². The van der Waals surface area contributed by atoms with Crippen LogP contribution in [0.3, 0.4) is 0 Å². The number of alkyl carbamates (subject to hydrolysis) is 1. The van der Waals surface area contributed by atoms with E-state index < -0.39 is 11.7 Å². The molecule has 0 fully saturated rings. The maximum atomic E-state index is 11.8. The molecular weight excluding hydrogens is 228 g/mol. The minimum Gasteiger partial charge on any atom is -0.444 e. The average molecular weight is 258 g/mol. The molecule has 0 aromatic rings. The Morgan fingerprint density at radius 3 is 1.83 bits per heavy atom. The van der Waals surface area contributed by atoms with Gasteiger partial charge in [0.25, 0.3) is 0 Å². The highest BCUT2D eigenvalue weighted by Crippen LogP contribution is 2.23. The second-order valence-electron chi connectivity index (χ2n) is 7.31. The summed E-state index contributed by atoms with van der Waals surface area (Å²) in [6.07, 6.45) is -0.402. The molecule has 0 aliphatic carbocycles. The summed E-state index contributed by atoms with van der Waals surface area (Å²) in [4.78, 5) is 11.8. The Bertz CT molecular complexity index is 274. The van der Waals surface area contributed by atoms with E-state index in [2.05, 4.69) is 26.1 Å². The second-order valence-corrected chi connectivity index (χ2v) is 7.31. The van der Waals surface area contributed by atoms with E-state index in [0.29, 0.717) is 0 Å². The molecule has 0 spiro atoms. The molecular formula is C14H30N2O2. The summed E-state index contributed by atoms with van der Waals surface area (Å²) in [6.45, 7) is 15.9. The molecule has 0 aromatic heterocycles. The Morgan fingerprint density at radius 2 is 1.56 bits per heavy atom. The van der Waals surface area contributed by atoms with E-state index in [4.69, 9.17) is 10.5 Å². The Kier molecular flexibility index (Phi) is 5.66. The number of hydrogen-bond donors (Lipinski definition) is 2. The van der Waals surface area contributed by atoms with Crippen molar-refractivity contribution in [1.29, 1.82) is 0 Å². The van der Waals surface area contributed by atoms with E-state index in [-0.39, 0.29) is 23.4 Å². The van der Waals surface area contributed by atoms with Crippen LogP contribution in [0.5, 0.6) is 0 Å². The number of rotatable bonds is 3. The Morgan fingerprint density at radius 1 is 1.11 bits per heavy atom. The van der Waals surface area contributed by atoms with E-state index in [9.17, 15) is 4.79 Å². The van der Waals surface area contributed by atoms with E-state index in [1.807, 2.05) is 34.6 Å². The summed E-state index contributed by atoms with van der Waals surface area (Å²) < 4.78 is 5.28. The zero-order valence-corrected chi connectivity index (χ0v) is 13.1. The van der Waals surface area contributed by atoms with Crippen molar-refractivity contribution in [2.45, 2.75) is 73.1 Å². The molecule has 0 aliphatic heterocycles. The molecule has 1 amide bonds. The predicted octanol–water partition coefficient (Wildman–Crippen LogP) is 2.91. The molecule has 3 N–H and O–H groups in total. The number of nitrogens with two attached hydrogens (primary N) is 1. The standard InChI is InChI=1S/C14H30N2O2/c1-9(2)10(11(15)13(3,4)5)16-12(17)18-14(6,7)8/h9-11H,15H2,1-8H3,(H,16,17)/t10-,11+/m0/s1. The zero-order valence-electron chi connectivity index (χ0n) is 13.1. The maximum Gasteiger partial charge on any atom is 0.407 e. The number of ether oxygens (including phenoxy) is 1.